The van der Waals surface area contributed by atoms with E-state index in [1.807, 2.05) is 12.1 Å². The van der Waals surface area contributed by atoms with Crippen LogP contribution in [0.4, 0.5) is 0 Å². The van der Waals surface area contributed by atoms with Crippen LogP contribution in [0.3, 0.4) is 0 Å². The number of hydrogen-bond acceptors (Lipinski definition) is 4. The molecule has 0 bridgehead atoms. The molecule has 6 heteroatoms. The SMILES string of the molecule is Cc1ccccc1-n1c(C)cc(/C=N/NC(=O)CN2CCOCC2)c1C. The first-order valence-corrected chi connectivity index (χ1v) is 8.93. The Morgan fingerprint density at radius 2 is 1.96 bits per heavy atom. The molecule has 1 aromatic carbocycles. The Balaban J connectivity index is 1.67. The number of morpholine rings is 1. The number of ether oxygens (including phenoxy) is 1. The van der Waals surface area contributed by atoms with Crippen LogP contribution in [0.25, 0.3) is 5.69 Å². The molecule has 2 aromatic rings. The highest BCUT2D eigenvalue weighted by Gasteiger charge is 2.14. The number of nitrogens with one attached hydrogen (secondary N) is 1. The number of para-hydroxylation sites is 1. The first-order chi connectivity index (χ1) is 12.6. The van der Waals surface area contributed by atoms with Crippen molar-refractivity contribution in [3.8, 4) is 5.69 Å². The molecule has 0 aliphatic carbocycles. The molecule has 1 aliphatic heterocycles. The van der Waals surface area contributed by atoms with E-state index in [2.05, 4.69) is 59.0 Å². The second kappa shape index (κ2) is 8.29. The molecule has 1 saturated heterocycles. The molecule has 0 radical (unpaired) electrons. The number of hydrogen-bond donors (Lipinski definition) is 1. The highest BCUT2D eigenvalue weighted by molar-refractivity contribution is 5.84. The maximum absolute atomic E-state index is 12.0. The third-order valence-corrected chi connectivity index (χ3v) is 4.69. The van der Waals surface area contributed by atoms with Crippen molar-refractivity contribution in [1.29, 1.82) is 0 Å². The van der Waals surface area contributed by atoms with Crippen LogP contribution in [0.5, 0.6) is 0 Å². The van der Waals surface area contributed by atoms with Gasteiger partial charge in [0.25, 0.3) is 5.91 Å². The molecule has 2 heterocycles. The molecule has 1 aromatic heterocycles. The molecule has 1 aliphatic rings. The van der Waals surface area contributed by atoms with Gasteiger partial charge in [-0.3, -0.25) is 9.69 Å². The van der Waals surface area contributed by atoms with Gasteiger partial charge in [-0.25, -0.2) is 5.43 Å². The number of carbonyl (C=O) groups is 1. The van der Waals surface area contributed by atoms with Crippen molar-refractivity contribution in [2.24, 2.45) is 5.10 Å². The Bertz CT molecular complexity index is 804. The van der Waals surface area contributed by atoms with Gasteiger partial charge < -0.3 is 9.30 Å². The Morgan fingerprint density at radius 1 is 1.23 bits per heavy atom. The minimum atomic E-state index is -0.101. The fraction of sp³-hybridized carbons (Fsp3) is 0.400. The number of aromatic nitrogens is 1. The van der Waals surface area contributed by atoms with E-state index in [1.165, 1.54) is 11.3 Å². The van der Waals surface area contributed by atoms with Gasteiger partial charge in [-0.15, -0.1) is 0 Å². The second-order valence-corrected chi connectivity index (χ2v) is 6.63. The van der Waals surface area contributed by atoms with Crippen LogP contribution in [0.15, 0.2) is 35.4 Å². The maximum Gasteiger partial charge on any atom is 0.254 e. The van der Waals surface area contributed by atoms with E-state index in [4.69, 9.17) is 4.74 Å². The summed E-state index contributed by atoms with van der Waals surface area (Å²) in [4.78, 5) is 14.1. The fourth-order valence-corrected chi connectivity index (χ4v) is 3.27. The lowest BCUT2D eigenvalue weighted by molar-refractivity contribution is -0.123. The summed E-state index contributed by atoms with van der Waals surface area (Å²) >= 11 is 0. The van der Waals surface area contributed by atoms with Gasteiger partial charge in [0.05, 0.1) is 26.0 Å². The number of nitrogens with zero attached hydrogens (tertiary/aromatic N) is 3. The first kappa shape index (κ1) is 18.4. The van der Waals surface area contributed by atoms with Crippen LogP contribution >= 0.6 is 0 Å². The van der Waals surface area contributed by atoms with Crippen LogP contribution in [0.2, 0.25) is 0 Å². The van der Waals surface area contributed by atoms with Crippen LogP contribution in [-0.2, 0) is 9.53 Å². The Hall–Kier alpha value is -2.44. The minimum Gasteiger partial charge on any atom is -0.379 e. The number of benzene rings is 1. The maximum atomic E-state index is 12.0. The lowest BCUT2D eigenvalue weighted by Gasteiger charge is -2.25. The number of amides is 1. The summed E-state index contributed by atoms with van der Waals surface area (Å²) in [5.41, 5.74) is 8.24. The summed E-state index contributed by atoms with van der Waals surface area (Å²) in [5.74, 6) is -0.101. The fourth-order valence-electron chi connectivity index (χ4n) is 3.27. The predicted octanol–water partition coefficient (Wildman–Crippen LogP) is 2.18. The van der Waals surface area contributed by atoms with Crippen LogP contribution < -0.4 is 5.43 Å². The lowest BCUT2D eigenvalue weighted by Crippen LogP contribution is -2.42. The van der Waals surface area contributed by atoms with Crippen molar-refractivity contribution < 1.29 is 9.53 Å². The topological polar surface area (TPSA) is 58.9 Å². The average molecular weight is 354 g/mol. The van der Waals surface area contributed by atoms with E-state index in [9.17, 15) is 4.79 Å². The number of hydrazone groups is 1. The van der Waals surface area contributed by atoms with Gasteiger partial charge in [0.15, 0.2) is 0 Å². The summed E-state index contributed by atoms with van der Waals surface area (Å²) in [5, 5.41) is 4.14. The molecule has 1 amide bonds. The van der Waals surface area contributed by atoms with E-state index < -0.39 is 0 Å². The van der Waals surface area contributed by atoms with Gasteiger partial charge in [-0.1, -0.05) is 18.2 Å². The standard InChI is InChI=1S/C20H26N4O2/c1-15-6-4-5-7-19(15)24-16(2)12-18(17(24)3)13-21-22-20(25)14-23-8-10-26-11-9-23/h4-7,12-13H,8-11,14H2,1-3H3,(H,22,25)/b21-13+. The highest BCUT2D eigenvalue weighted by atomic mass is 16.5. The zero-order chi connectivity index (χ0) is 18.5. The summed E-state index contributed by atoms with van der Waals surface area (Å²) < 4.78 is 7.50. The smallest absolute Gasteiger partial charge is 0.254 e. The molecule has 0 spiro atoms. The summed E-state index contributed by atoms with van der Waals surface area (Å²) in [7, 11) is 0. The monoisotopic (exact) mass is 354 g/mol. The average Bonchev–Trinajstić information content (AvgIpc) is 2.90. The lowest BCUT2D eigenvalue weighted by atomic mass is 10.2. The molecule has 3 rings (SSSR count). The van der Waals surface area contributed by atoms with Crippen molar-refractivity contribution in [3.63, 3.8) is 0 Å². The molecule has 6 nitrogen and oxygen atoms in total. The zero-order valence-electron chi connectivity index (χ0n) is 15.7. The van der Waals surface area contributed by atoms with Crippen LogP contribution in [-0.4, -0.2) is 54.4 Å². The van der Waals surface area contributed by atoms with Crippen molar-refractivity contribution in [1.82, 2.24) is 14.9 Å². The van der Waals surface area contributed by atoms with Crippen molar-refractivity contribution in [2.75, 3.05) is 32.8 Å². The summed E-state index contributed by atoms with van der Waals surface area (Å²) in [6, 6.07) is 10.4. The van der Waals surface area contributed by atoms with Crippen LogP contribution in [0, 0.1) is 20.8 Å². The van der Waals surface area contributed by atoms with Crippen molar-refractivity contribution >= 4 is 12.1 Å². The predicted molar refractivity (Wildman–Crippen MR) is 103 cm³/mol. The Labute approximate surface area is 154 Å². The Kier molecular flexibility index (Phi) is 5.85. The number of aryl methyl sites for hydroxylation is 2. The van der Waals surface area contributed by atoms with E-state index >= 15 is 0 Å². The third kappa shape index (κ3) is 4.20. The molecule has 0 unspecified atom stereocenters. The molecule has 1 fully saturated rings. The van der Waals surface area contributed by atoms with Gasteiger partial charge in [0, 0.05) is 35.7 Å². The quantitative estimate of drug-likeness (QED) is 0.661. The van der Waals surface area contributed by atoms with E-state index in [1.54, 1.807) is 6.21 Å². The largest absolute Gasteiger partial charge is 0.379 e. The van der Waals surface area contributed by atoms with Crippen molar-refractivity contribution in [3.05, 3.63) is 52.8 Å². The molecule has 138 valence electrons. The minimum absolute atomic E-state index is 0.101. The first-order valence-electron chi connectivity index (χ1n) is 8.93. The molecule has 1 N–H and O–H groups in total. The molecule has 26 heavy (non-hydrogen) atoms. The zero-order valence-corrected chi connectivity index (χ0v) is 15.7. The summed E-state index contributed by atoms with van der Waals surface area (Å²) in [6.45, 7) is 9.53. The second-order valence-electron chi connectivity index (χ2n) is 6.63. The van der Waals surface area contributed by atoms with E-state index in [0.717, 1.165) is 30.0 Å². The molecule has 0 saturated carbocycles. The third-order valence-electron chi connectivity index (χ3n) is 4.69. The molecular weight excluding hydrogens is 328 g/mol. The Morgan fingerprint density at radius 3 is 2.69 bits per heavy atom. The highest BCUT2D eigenvalue weighted by Crippen LogP contribution is 2.22. The number of carbonyl (C=O) groups excluding carboxylic acids is 1. The van der Waals surface area contributed by atoms with Crippen molar-refractivity contribution in [2.45, 2.75) is 20.8 Å². The van der Waals surface area contributed by atoms with E-state index in [0.29, 0.717) is 19.8 Å². The van der Waals surface area contributed by atoms with Crippen LogP contribution in [0.1, 0.15) is 22.5 Å². The summed E-state index contributed by atoms with van der Waals surface area (Å²) in [6.07, 6.45) is 1.72. The van der Waals surface area contributed by atoms with Gasteiger partial charge in [0.2, 0.25) is 0 Å². The van der Waals surface area contributed by atoms with Gasteiger partial charge in [-0.2, -0.15) is 5.10 Å². The van der Waals surface area contributed by atoms with Gasteiger partial charge in [0.1, 0.15) is 0 Å². The molecular formula is C20H26N4O2. The van der Waals surface area contributed by atoms with Gasteiger partial charge in [-0.05, 0) is 38.5 Å². The van der Waals surface area contributed by atoms with E-state index in [-0.39, 0.29) is 5.91 Å². The normalized spacial score (nSPS) is 15.5. The number of rotatable bonds is 5. The van der Waals surface area contributed by atoms with Gasteiger partial charge >= 0.3 is 0 Å². The molecule has 0 atom stereocenters.